The summed E-state index contributed by atoms with van der Waals surface area (Å²) in [5.41, 5.74) is 0.720. The van der Waals surface area contributed by atoms with Gasteiger partial charge in [-0.25, -0.2) is 0 Å². The molecular formula is C15H14F3NO. The molecule has 1 heterocycles. The van der Waals surface area contributed by atoms with E-state index >= 15 is 0 Å². The number of pyridine rings is 1. The topological polar surface area (TPSA) is 33.1 Å². The van der Waals surface area contributed by atoms with Crippen LogP contribution in [0.5, 0.6) is 0 Å². The van der Waals surface area contributed by atoms with E-state index in [4.69, 9.17) is 0 Å². The van der Waals surface area contributed by atoms with E-state index in [-0.39, 0.29) is 12.0 Å². The first-order chi connectivity index (χ1) is 9.39. The van der Waals surface area contributed by atoms with Crippen molar-refractivity contribution in [3.63, 3.8) is 0 Å². The van der Waals surface area contributed by atoms with Crippen molar-refractivity contribution in [3.05, 3.63) is 65.0 Å². The van der Waals surface area contributed by atoms with Crippen LogP contribution in [0.25, 0.3) is 0 Å². The van der Waals surface area contributed by atoms with Crippen molar-refractivity contribution in [2.75, 3.05) is 0 Å². The highest BCUT2D eigenvalue weighted by Crippen LogP contribution is 2.35. The summed E-state index contributed by atoms with van der Waals surface area (Å²) in [6.45, 7) is 1.86. The van der Waals surface area contributed by atoms with Crippen molar-refractivity contribution in [1.29, 1.82) is 0 Å². The second-order valence-electron chi connectivity index (χ2n) is 4.61. The predicted octanol–water partition coefficient (Wildman–Crippen LogP) is 3.68. The van der Waals surface area contributed by atoms with Crippen molar-refractivity contribution in [3.8, 4) is 0 Å². The third kappa shape index (κ3) is 3.17. The van der Waals surface area contributed by atoms with E-state index in [1.165, 1.54) is 0 Å². The van der Waals surface area contributed by atoms with Gasteiger partial charge in [-0.1, -0.05) is 24.3 Å². The van der Waals surface area contributed by atoms with Gasteiger partial charge in [-0.15, -0.1) is 0 Å². The quantitative estimate of drug-likeness (QED) is 0.930. The highest BCUT2D eigenvalue weighted by atomic mass is 19.4. The number of aliphatic hydroxyl groups is 1. The van der Waals surface area contributed by atoms with Gasteiger partial charge in [-0.05, 0) is 24.1 Å². The van der Waals surface area contributed by atoms with Gasteiger partial charge in [0, 0.05) is 24.4 Å². The van der Waals surface area contributed by atoms with Crippen LogP contribution in [0.1, 0.15) is 28.4 Å². The van der Waals surface area contributed by atoms with Crippen LogP contribution >= 0.6 is 0 Å². The summed E-state index contributed by atoms with van der Waals surface area (Å²) in [4.78, 5) is 3.68. The SMILES string of the molecule is Cc1ccccc1CC(O)c1cnccc1C(F)(F)F. The predicted molar refractivity (Wildman–Crippen MR) is 69.1 cm³/mol. The van der Waals surface area contributed by atoms with Crippen LogP contribution < -0.4 is 0 Å². The molecule has 0 saturated heterocycles. The highest BCUT2D eigenvalue weighted by molar-refractivity contribution is 5.32. The largest absolute Gasteiger partial charge is 0.416 e. The zero-order valence-electron chi connectivity index (χ0n) is 10.9. The summed E-state index contributed by atoms with van der Waals surface area (Å²) >= 11 is 0. The van der Waals surface area contributed by atoms with Gasteiger partial charge in [0.05, 0.1) is 11.7 Å². The second kappa shape index (κ2) is 5.63. The van der Waals surface area contributed by atoms with E-state index in [2.05, 4.69) is 4.98 Å². The Kier molecular flexibility index (Phi) is 4.09. The molecule has 0 spiro atoms. The fourth-order valence-electron chi connectivity index (χ4n) is 2.09. The number of aryl methyl sites for hydroxylation is 1. The lowest BCUT2D eigenvalue weighted by Crippen LogP contribution is -2.14. The molecule has 1 unspecified atom stereocenters. The maximum Gasteiger partial charge on any atom is 0.416 e. The molecule has 0 radical (unpaired) electrons. The van der Waals surface area contributed by atoms with E-state index in [9.17, 15) is 18.3 Å². The lowest BCUT2D eigenvalue weighted by molar-refractivity contribution is -0.139. The first-order valence-electron chi connectivity index (χ1n) is 6.13. The number of halogens is 3. The van der Waals surface area contributed by atoms with Crippen molar-refractivity contribution in [2.45, 2.75) is 25.6 Å². The summed E-state index contributed by atoms with van der Waals surface area (Å²) in [7, 11) is 0. The minimum atomic E-state index is -4.50. The molecule has 2 rings (SSSR count). The van der Waals surface area contributed by atoms with Crippen LogP contribution in [0, 0.1) is 6.92 Å². The Morgan fingerprint density at radius 1 is 1.20 bits per heavy atom. The molecule has 106 valence electrons. The van der Waals surface area contributed by atoms with E-state index in [0.29, 0.717) is 0 Å². The van der Waals surface area contributed by atoms with Crippen LogP contribution in [0.3, 0.4) is 0 Å². The number of hydrogen-bond acceptors (Lipinski definition) is 2. The van der Waals surface area contributed by atoms with Crippen molar-refractivity contribution in [2.24, 2.45) is 0 Å². The summed E-state index contributed by atoms with van der Waals surface area (Å²) in [5, 5.41) is 10.1. The van der Waals surface area contributed by atoms with Gasteiger partial charge in [0.1, 0.15) is 0 Å². The van der Waals surface area contributed by atoms with Crippen LogP contribution in [-0.2, 0) is 12.6 Å². The van der Waals surface area contributed by atoms with Gasteiger partial charge in [0.25, 0.3) is 0 Å². The van der Waals surface area contributed by atoms with E-state index in [1.807, 2.05) is 19.1 Å². The molecule has 1 aromatic carbocycles. The number of rotatable bonds is 3. The van der Waals surface area contributed by atoms with Crippen molar-refractivity contribution >= 4 is 0 Å². The lowest BCUT2D eigenvalue weighted by atomic mass is 9.96. The molecule has 0 amide bonds. The number of aliphatic hydroxyl groups excluding tert-OH is 1. The fourth-order valence-corrected chi connectivity index (χ4v) is 2.09. The molecule has 5 heteroatoms. The number of alkyl halides is 3. The first kappa shape index (κ1) is 14.5. The zero-order valence-corrected chi connectivity index (χ0v) is 10.9. The van der Waals surface area contributed by atoms with Gasteiger partial charge in [0.2, 0.25) is 0 Å². The Morgan fingerprint density at radius 2 is 1.90 bits per heavy atom. The van der Waals surface area contributed by atoms with E-state index in [1.54, 1.807) is 12.1 Å². The molecule has 1 N–H and O–H groups in total. The molecule has 1 atom stereocenters. The Hall–Kier alpha value is -1.88. The van der Waals surface area contributed by atoms with Crippen molar-refractivity contribution in [1.82, 2.24) is 4.98 Å². The van der Waals surface area contributed by atoms with Crippen LogP contribution in [0.15, 0.2) is 42.7 Å². The Morgan fingerprint density at radius 3 is 2.55 bits per heavy atom. The molecule has 0 aliphatic carbocycles. The van der Waals surface area contributed by atoms with Gasteiger partial charge < -0.3 is 5.11 Å². The summed E-state index contributed by atoms with van der Waals surface area (Å²) in [6.07, 6.45) is -3.45. The fraction of sp³-hybridized carbons (Fsp3) is 0.267. The molecule has 2 nitrogen and oxygen atoms in total. The number of hydrogen-bond donors (Lipinski definition) is 1. The second-order valence-corrected chi connectivity index (χ2v) is 4.61. The smallest absolute Gasteiger partial charge is 0.388 e. The third-order valence-electron chi connectivity index (χ3n) is 3.19. The molecule has 0 saturated carbocycles. The molecule has 2 aromatic rings. The number of nitrogens with zero attached hydrogens (tertiary/aromatic N) is 1. The van der Waals surface area contributed by atoms with E-state index in [0.717, 1.165) is 29.6 Å². The number of benzene rings is 1. The minimum absolute atomic E-state index is 0.126. The highest BCUT2D eigenvalue weighted by Gasteiger charge is 2.35. The molecule has 0 bridgehead atoms. The molecular weight excluding hydrogens is 267 g/mol. The molecule has 0 aliphatic heterocycles. The maximum atomic E-state index is 12.9. The molecule has 20 heavy (non-hydrogen) atoms. The normalized spacial score (nSPS) is 13.2. The monoisotopic (exact) mass is 281 g/mol. The van der Waals surface area contributed by atoms with Crippen LogP contribution in [0.4, 0.5) is 13.2 Å². The van der Waals surface area contributed by atoms with Crippen LogP contribution in [0.2, 0.25) is 0 Å². The molecule has 1 aromatic heterocycles. The van der Waals surface area contributed by atoms with E-state index < -0.39 is 17.8 Å². The summed E-state index contributed by atoms with van der Waals surface area (Å²) in [6, 6.07) is 8.17. The lowest BCUT2D eigenvalue weighted by Gasteiger charge is -2.17. The standard InChI is InChI=1S/C15H14F3NO/c1-10-4-2-3-5-11(10)8-14(20)12-9-19-7-6-13(12)15(16,17)18/h2-7,9,14,20H,8H2,1H3. The average Bonchev–Trinajstić information content (AvgIpc) is 2.40. The van der Waals surface area contributed by atoms with Gasteiger partial charge >= 0.3 is 6.18 Å². The maximum absolute atomic E-state index is 12.9. The Balaban J connectivity index is 2.31. The average molecular weight is 281 g/mol. The zero-order chi connectivity index (χ0) is 14.8. The van der Waals surface area contributed by atoms with Crippen LogP contribution in [-0.4, -0.2) is 10.1 Å². The molecule has 0 fully saturated rings. The molecule has 0 aliphatic rings. The van der Waals surface area contributed by atoms with Gasteiger partial charge in [0.15, 0.2) is 0 Å². The minimum Gasteiger partial charge on any atom is -0.388 e. The summed E-state index contributed by atoms with van der Waals surface area (Å²) in [5.74, 6) is 0. The summed E-state index contributed by atoms with van der Waals surface area (Å²) < 4.78 is 38.7. The van der Waals surface area contributed by atoms with Crippen molar-refractivity contribution < 1.29 is 18.3 Å². The Bertz CT molecular complexity index is 596. The van der Waals surface area contributed by atoms with Gasteiger partial charge in [-0.3, -0.25) is 4.98 Å². The Labute approximate surface area is 114 Å². The number of aromatic nitrogens is 1. The van der Waals surface area contributed by atoms with Gasteiger partial charge in [-0.2, -0.15) is 13.2 Å². The first-order valence-corrected chi connectivity index (χ1v) is 6.13. The third-order valence-corrected chi connectivity index (χ3v) is 3.19.